The van der Waals surface area contributed by atoms with E-state index in [9.17, 15) is 9.59 Å². The van der Waals surface area contributed by atoms with Crippen molar-refractivity contribution in [1.29, 1.82) is 0 Å². The zero-order valence-corrected chi connectivity index (χ0v) is 27.7. The highest BCUT2D eigenvalue weighted by atomic mass is 16.9. The molecule has 0 aliphatic carbocycles. The van der Waals surface area contributed by atoms with Crippen molar-refractivity contribution in [3.63, 3.8) is 0 Å². The fourth-order valence-electron chi connectivity index (χ4n) is 6.77. The summed E-state index contributed by atoms with van der Waals surface area (Å²) in [6.45, 7) is 1.66. The van der Waals surface area contributed by atoms with Gasteiger partial charge in [0.1, 0.15) is 0 Å². The Morgan fingerprint density at radius 3 is 1.14 bits per heavy atom. The minimum atomic E-state index is -2.53. The molecule has 2 fully saturated rings. The highest BCUT2D eigenvalue weighted by molar-refractivity contribution is 5.85. The van der Waals surface area contributed by atoms with Crippen molar-refractivity contribution in [2.24, 2.45) is 0 Å². The van der Waals surface area contributed by atoms with Gasteiger partial charge in [-0.2, -0.15) is 0 Å². The molecule has 0 N–H and O–H groups in total. The van der Waals surface area contributed by atoms with E-state index >= 15 is 0 Å². The molecule has 0 aromatic heterocycles. The smallest absolute Gasteiger partial charge is 0.434 e. The maximum atomic E-state index is 14.6. The van der Waals surface area contributed by atoms with Crippen LogP contribution < -0.4 is 0 Å². The summed E-state index contributed by atoms with van der Waals surface area (Å²) in [6.07, 6.45) is 0. The number of rotatable bonds is 9. The maximum absolute atomic E-state index is 14.6. The Kier molecular flexibility index (Phi) is 9.35. The van der Waals surface area contributed by atoms with E-state index in [1.807, 2.05) is 127 Å². The van der Waals surface area contributed by atoms with E-state index in [4.69, 9.17) is 28.4 Å². The van der Waals surface area contributed by atoms with E-state index in [-0.39, 0.29) is 33.0 Å². The van der Waals surface area contributed by atoms with E-state index in [2.05, 4.69) is 0 Å². The summed E-state index contributed by atoms with van der Waals surface area (Å²) < 4.78 is 37.1. The molecule has 0 atom stereocenters. The lowest BCUT2D eigenvalue weighted by molar-refractivity contribution is -0.389. The van der Waals surface area contributed by atoms with Crippen LogP contribution >= 0.6 is 0 Å². The van der Waals surface area contributed by atoms with Crippen molar-refractivity contribution in [1.82, 2.24) is 0 Å². The first kappa shape index (κ1) is 33.4. The molecule has 8 nitrogen and oxygen atoms in total. The number of benzene rings is 5. The molecule has 5 aromatic rings. The van der Waals surface area contributed by atoms with Crippen LogP contribution in [0.1, 0.15) is 34.7 Å². The standard InChI is InChI=1S/C42H38O8/c1-2-45-38(44)42(48-30-40(31-49-42,34-22-12-5-13-23-34)35-24-14-6-15-25-35)50-37(43)41(36-26-16-7-17-27-36)46-28-39(29-47-41,32-18-8-3-9-19-32)33-20-10-4-11-21-33/h3-27H,2,28-31H2,1H3. The first-order valence-corrected chi connectivity index (χ1v) is 16.7. The van der Waals surface area contributed by atoms with Crippen LogP contribution in [0, 0.1) is 0 Å². The van der Waals surface area contributed by atoms with Crippen molar-refractivity contribution < 1.29 is 38.0 Å². The van der Waals surface area contributed by atoms with Crippen LogP contribution in [0.25, 0.3) is 0 Å². The molecular formula is C42H38O8. The van der Waals surface area contributed by atoms with Gasteiger partial charge >= 0.3 is 17.9 Å². The molecule has 0 saturated carbocycles. The Hall–Kier alpha value is -5.12. The topological polar surface area (TPSA) is 89.5 Å². The quantitative estimate of drug-likeness (QED) is 0.161. The molecular weight excluding hydrogens is 632 g/mol. The highest BCUT2D eigenvalue weighted by Gasteiger charge is 2.61. The van der Waals surface area contributed by atoms with Gasteiger partial charge < -0.3 is 28.4 Å². The number of esters is 2. The number of hydrogen-bond acceptors (Lipinski definition) is 8. The zero-order valence-electron chi connectivity index (χ0n) is 27.7. The summed E-state index contributed by atoms with van der Waals surface area (Å²) >= 11 is 0. The minimum Gasteiger partial charge on any atom is -0.459 e. The Balaban J connectivity index is 1.24. The Labute approximate surface area is 291 Å². The highest BCUT2D eigenvalue weighted by Crippen LogP contribution is 2.45. The van der Waals surface area contributed by atoms with Gasteiger partial charge in [-0.1, -0.05) is 152 Å². The van der Waals surface area contributed by atoms with Crippen molar-refractivity contribution in [2.45, 2.75) is 29.5 Å². The van der Waals surface area contributed by atoms with Crippen molar-refractivity contribution >= 4 is 11.9 Å². The minimum absolute atomic E-state index is 0.000860. The molecule has 2 heterocycles. The molecule has 0 unspecified atom stereocenters. The molecule has 0 amide bonds. The fraction of sp³-hybridized carbons (Fsp3) is 0.238. The second-order valence-corrected chi connectivity index (χ2v) is 12.4. The SMILES string of the molecule is CCOC(=O)C1(OC(=O)C2(c3ccccc3)OCC(c3ccccc3)(c3ccccc3)CO2)OCC(c2ccccc2)(c2ccccc2)CO1. The van der Waals surface area contributed by atoms with Crippen LogP contribution in [0.3, 0.4) is 0 Å². The average molecular weight is 671 g/mol. The molecule has 0 bridgehead atoms. The third-order valence-electron chi connectivity index (χ3n) is 9.54. The fourth-order valence-corrected chi connectivity index (χ4v) is 6.77. The van der Waals surface area contributed by atoms with E-state index in [1.165, 1.54) is 0 Å². The van der Waals surface area contributed by atoms with Gasteiger partial charge in [-0.15, -0.1) is 0 Å². The number of hydrogen-bond donors (Lipinski definition) is 0. The molecule has 2 aliphatic heterocycles. The van der Waals surface area contributed by atoms with Gasteiger partial charge in [0.2, 0.25) is 0 Å². The molecule has 0 radical (unpaired) electrons. The molecule has 254 valence electrons. The Morgan fingerprint density at radius 1 is 0.480 bits per heavy atom. The first-order valence-electron chi connectivity index (χ1n) is 16.7. The molecule has 50 heavy (non-hydrogen) atoms. The van der Waals surface area contributed by atoms with Gasteiger partial charge in [0.25, 0.3) is 5.79 Å². The second-order valence-electron chi connectivity index (χ2n) is 12.4. The van der Waals surface area contributed by atoms with Crippen LogP contribution in [0.5, 0.6) is 0 Å². The summed E-state index contributed by atoms with van der Waals surface area (Å²) in [6, 6.07) is 48.0. The molecule has 7 rings (SSSR count). The largest absolute Gasteiger partial charge is 0.459 e. The van der Waals surface area contributed by atoms with Gasteiger partial charge in [0.15, 0.2) is 0 Å². The number of carbonyl (C=O) groups is 2. The maximum Gasteiger partial charge on any atom is 0.434 e. The molecule has 5 aromatic carbocycles. The van der Waals surface area contributed by atoms with E-state index < -0.39 is 34.5 Å². The van der Waals surface area contributed by atoms with Crippen LogP contribution in [0.2, 0.25) is 0 Å². The lowest BCUT2D eigenvalue weighted by Gasteiger charge is -2.47. The summed E-state index contributed by atoms with van der Waals surface area (Å²) in [4.78, 5) is 28.4. The van der Waals surface area contributed by atoms with E-state index in [0.717, 1.165) is 22.3 Å². The third kappa shape index (κ3) is 5.90. The van der Waals surface area contributed by atoms with Gasteiger partial charge in [0.05, 0.1) is 43.9 Å². The summed E-state index contributed by atoms with van der Waals surface area (Å²) in [5.41, 5.74) is 2.56. The summed E-state index contributed by atoms with van der Waals surface area (Å²) in [5.74, 6) is -6.60. The van der Waals surface area contributed by atoms with Gasteiger partial charge in [-0.05, 0) is 29.2 Å². The monoisotopic (exact) mass is 670 g/mol. The van der Waals surface area contributed by atoms with Crippen molar-refractivity contribution in [3.8, 4) is 0 Å². The number of carbonyl (C=O) groups excluding carboxylic acids is 2. The number of ether oxygens (including phenoxy) is 6. The molecule has 2 aliphatic rings. The Bertz CT molecular complexity index is 1780. The third-order valence-corrected chi connectivity index (χ3v) is 9.54. The normalized spacial score (nSPS) is 18.7. The first-order chi connectivity index (χ1) is 24.5. The Morgan fingerprint density at radius 2 is 0.800 bits per heavy atom. The van der Waals surface area contributed by atoms with Crippen LogP contribution in [-0.4, -0.2) is 50.9 Å². The molecule has 8 heteroatoms. The second kappa shape index (κ2) is 14.0. The molecule has 2 saturated heterocycles. The predicted octanol–water partition coefficient (Wildman–Crippen LogP) is 6.67. The lowest BCUT2D eigenvalue weighted by Crippen LogP contribution is -2.62. The van der Waals surface area contributed by atoms with Crippen molar-refractivity contribution in [3.05, 3.63) is 179 Å². The van der Waals surface area contributed by atoms with Gasteiger partial charge in [-0.25, -0.2) is 9.59 Å². The van der Waals surface area contributed by atoms with E-state index in [0.29, 0.717) is 5.56 Å². The van der Waals surface area contributed by atoms with Crippen molar-refractivity contribution in [2.75, 3.05) is 33.0 Å². The average Bonchev–Trinajstić information content (AvgIpc) is 3.20. The molecule has 0 spiro atoms. The lowest BCUT2D eigenvalue weighted by atomic mass is 9.75. The van der Waals surface area contributed by atoms with Crippen LogP contribution in [0.15, 0.2) is 152 Å². The van der Waals surface area contributed by atoms with E-state index in [1.54, 1.807) is 31.2 Å². The summed E-state index contributed by atoms with van der Waals surface area (Å²) in [7, 11) is 0. The van der Waals surface area contributed by atoms with Crippen LogP contribution in [-0.2, 0) is 54.6 Å². The summed E-state index contributed by atoms with van der Waals surface area (Å²) in [5, 5.41) is 0. The van der Waals surface area contributed by atoms with Gasteiger partial charge in [0, 0.05) is 5.56 Å². The van der Waals surface area contributed by atoms with Gasteiger partial charge in [-0.3, -0.25) is 0 Å². The predicted molar refractivity (Wildman–Crippen MR) is 185 cm³/mol. The zero-order chi connectivity index (χ0) is 34.5. The van der Waals surface area contributed by atoms with Crippen LogP contribution in [0.4, 0.5) is 0 Å².